The van der Waals surface area contributed by atoms with E-state index in [0.717, 1.165) is 17.9 Å². The van der Waals surface area contributed by atoms with Gasteiger partial charge in [0, 0.05) is 5.56 Å². The van der Waals surface area contributed by atoms with Gasteiger partial charge in [-0.2, -0.15) is 0 Å². The molecule has 1 aliphatic rings. The van der Waals surface area contributed by atoms with Crippen molar-refractivity contribution < 1.29 is 0 Å². The number of unbranched alkanes of at least 4 members (excludes halogenated alkanes) is 1. The molecule has 0 spiro atoms. The van der Waals surface area contributed by atoms with Crippen molar-refractivity contribution in [2.45, 2.75) is 71.1 Å². The van der Waals surface area contributed by atoms with Gasteiger partial charge in [0.05, 0.1) is 0 Å². The molecule has 1 aliphatic carbocycles. The number of aryl methyl sites for hydroxylation is 2. The zero-order valence-corrected chi connectivity index (χ0v) is 17.6. The van der Waals surface area contributed by atoms with Crippen LogP contribution in [0.3, 0.4) is 0 Å². The molecule has 0 unspecified atom stereocenters. The van der Waals surface area contributed by atoms with Crippen molar-refractivity contribution in [1.29, 1.82) is 0 Å². The molecule has 1 fully saturated rings. The molecule has 2 aromatic rings. The molecule has 0 atom stereocenters. The van der Waals surface area contributed by atoms with Crippen LogP contribution in [0.15, 0.2) is 60.7 Å². The summed E-state index contributed by atoms with van der Waals surface area (Å²) in [6.45, 7) is 4.46. The highest BCUT2D eigenvalue weighted by atomic mass is 14.2. The average Bonchev–Trinajstić information content (AvgIpc) is 2.76. The Morgan fingerprint density at radius 3 is 2.18 bits per heavy atom. The minimum atomic E-state index is 0.692. The fraction of sp³-hybridized carbons (Fsp3) is 0.429. The Morgan fingerprint density at radius 2 is 1.54 bits per heavy atom. The van der Waals surface area contributed by atoms with Gasteiger partial charge >= 0.3 is 0 Å². The van der Waals surface area contributed by atoms with E-state index in [1.165, 1.54) is 61.6 Å². The summed E-state index contributed by atoms with van der Waals surface area (Å²) in [4.78, 5) is 0. The van der Waals surface area contributed by atoms with E-state index in [4.69, 9.17) is 0 Å². The highest BCUT2D eigenvalue weighted by Gasteiger charge is 2.20. The SMILES string of the molecule is CCCCc1ccc(C#C/C=C/C2CCC(c3ccc(CC)cc3)CC2)cc1. The van der Waals surface area contributed by atoms with Crippen LogP contribution in [0.25, 0.3) is 0 Å². The maximum Gasteiger partial charge on any atom is 0.0249 e. The molecule has 0 radical (unpaired) electrons. The van der Waals surface area contributed by atoms with Crippen molar-refractivity contribution >= 4 is 0 Å². The molecule has 0 N–H and O–H groups in total. The first kappa shape index (κ1) is 20.5. The third kappa shape index (κ3) is 6.13. The summed E-state index contributed by atoms with van der Waals surface area (Å²) in [6.07, 6.45) is 14.4. The van der Waals surface area contributed by atoms with E-state index < -0.39 is 0 Å². The highest BCUT2D eigenvalue weighted by Crippen LogP contribution is 2.36. The lowest BCUT2D eigenvalue weighted by atomic mass is 9.78. The van der Waals surface area contributed by atoms with Gasteiger partial charge in [-0.1, -0.05) is 74.6 Å². The molecule has 146 valence electrons. The zero-order valence-electron chi connectivity index (χ0n) is 17.6. The molecule has 0 bridgehead atoms. The molecule has 2 aromatic carbocycles. The van der Waals surface area contributed by atoms with Gasteiger partial charge in [0.25, 0.3) is 0 Å². The summed E-state index contributed by atoms with van der Waals surface area (Å²) in [5.41, 5.74) is 5.50. The second-order valence-corrected chi connectivity index (χ2v) is 8.14. The molecule has 28 heavy (non-hydrogen) atoms. The molecular weight excluding hydrogens is 336 g/mol. The van der Waals surface area contributed by atoms with E-state index in [0.29, 0.717) is 5.92 Å². The molecule has 0 aliphatic heterocycles. The van der Waals surface area contributed by atoms with Gasteiger partial charge in [0.15, 0.2) is 0 Å². The van der Waals surface area contributed by atoms with Crippen LogP contribution < -0.4 is 0 Å². The fourth-order valence-electron chi connectivity index (χ4n) is 4.12. The lowest BCUT2D eigenvalue weighted by Gasteiger charge is -2.27. The summed E-state index contributed by atoms with van der Waals surface area (Å²) in [6, 6.07) is 18.0. The van der Waals surface area contributed by atoms with Gasteiger partial charge in [-0.25, -0.2) is 0 Å². The van der Waals surface area contributed by atoms with Crippen LogP contribution in [-0.4, -0.2) is 0 Å². The summed E-state index contributed by atoms with van der Waals surface area (Å²) in [5, 5.41) is 0. The van der Waals surface area contributed by atoms with Crippen molar-refractivity contribution in [3.8, 4) is 11.8 Å². The number of hydrogen-bond acceptors (Lipinski definition) is 0. The van der Waals surface area contributed by atoms with E-state index in [1.54, 1.807) is 0 Å². The van der Waals surface area contributed by atoms with Gasteiger partial charge in [-0.15, -0.1) is 0 Å². The Hall–Kier alpha value is -2.26. The Kier molecular flexibility index (Phi) is 7.98. The number of rotatable bonds is 6. The first-order chi connectivity index (χ1) is 13.8. The lowest BCUT2D eigenvalue weighted by Crippen LogP contribution is -2.11. The summed E-state index contributed by atoms with van der Waals surface area (Å²) in [7, 11) is 0. The smallest absolute Gasteiger partial charge is 0.0249 e. The largest absolute Gasteiger partial charge is 0.0730 e. The fourth-order valence-corrected chi connectivity index (χ4v) is 4.12. The first-order valence-electron chi connectivity index (χ1n) is 11.1. The molecule has 0 heterocycles. The van der Waals surface area contributed by atoms with Crippen molar-refractivity contribution in [2.75, 3.05) is 0 Å². The zero-order chi connectivity index (χ0) is 19.6. The van der Waals surface area contributed by atoms with Gasteiger partial charge in [0.1, 0.15) is 0 Å². The van der Waals surface area contributed by atoms with Crippen LogP contribution in [0.5, 0.6) is 0 Å². The Labute approximate surface area is 172 Å². The van der Waals surface area contributed by atoms with E-state index in [-0.39, 0.29) is 0 Å². The minimum Gasteiger partial charge on any atom is -0.0730 e. The number of allylic oxidation sites excluding steroid dienone is 2. The lowest BCUT2D eigenvalue weighted by molar-refractivity contribution is 0.376. The maximum atomic E-state index is 3.28. The summed E-state index contributed by atoms with van der Waals surface area (Å²) >= 11 is 0. The second-order valence-electron chi connectivity index (χ2n) is 8.14. The van der Waals surface area contributed by atoms with Gasteiger partial charge in [-0.3, -0.25) is 0 Å². The molecule has 1 saturated carbocycles. The average molecular weight is 371 g/mol. The maximum absolute atomic E-state index is 3.28. The molecule has 0 saturated heterocycles. The number of benzene rings is 2. The molecule has 0 nitrogen and oxygen atoms in total. The minimum absolute atomic E-state index is 0.692. The Balaban J connectivity index is 1.45. The molecular formula is C28H34. The van der Waals surface area contributed by atoms with Crippen molar-refractivity contribution in [1.82, 2.24) is 0 Å². The first-order valence-corrected chi connectivity index (χ1v) is 11.1. The van der Waals surface area contributed by atoms with Crippen LogP contribution in [0.4, 0.5) is 0 Å². The monoisotopic (exact) mass is 370 g/mol. The third-order valence-electron chi connectivity index (χ3n) is 6.07. The van der Waals surface area contributed by atoms with E-state index in [1.807, 2.05) is 0 Å². The van der Waals surface area contributed by atoms with Crippen molar-refractivity contribution in [3.05, 3.63) is 82.9 Å². The highest BCUT2D eigenvalue weighted by molar-refractivity contribution is 5.38. The van der Waals surface area contributed by atoms with Crippen LogP contribution >= 0.6 is 0 Å². The van der Waals surface area contributed by atoms with Crippen molar-refractivity contribution in [2.24, 2.45) is 5.92 Å². The Morgan fingerprint density at radius 1 is 0.857 bits per heavy atom. The molecule has 3 rings (SSSR count). The second kappa shape index (κ2) is 10.9. The van der Waals surface area contributed by atoms with E-state index in [9.17, 15) is 0 Å². The van der Waals surface area contributed by atoms with E-state index >= 15 is 0 Å². The van der Waals surface area contributed by atoms with Crippen molar-refractivity contribution in [3.63, 3.8) is 0 Å². The normalized spacial score (nSPS) is 19.4. The van der Waals surface area contributed by atoms with Crippen LogP contribution in [0, 0.1) is 17.8 Å². The van der Waals surface area contributed by atoms with Gasteiger partial charge in [-0.05, 0) is 91.7 Å². The predicted octanol–water partition coefficient (Wildman–Crippen LogP) is 7.47. The van der Waals surface area contributed by atoms with E-state index in [2.05, 4.69) is 86.4 Å². The van der Waals surface area contributed by atoms with Gasteiger partial charge < -0.3 is 0 Å². The standard InChI is InChI=1S/C28H34/c1-3-5-8-24-11-13-25(14-12-24)9-6-7-10-26-17-21-28(22-18-26)27-19-15-23(4-2)16-20-27/h7,10-16,19-20,26,28H,3-5,8,17-18,21-22H2,1-2H3/b10-7+. The van der Waals surface area contributed by atoms with Crippen LogP contribution in [0.1, 0.15) is 80.5 Å². The number of hydrogen-bond donors (Lipinski definition) is 0. The quantitative estimate of drug-likeness (QED) is 0.462. The topological polar surface area (TPSA) is 0 Å². The van der Waals surface area contributed by atoms with Crippen LogP contribution in [0.2, 0.25) is 0 Å². The van der Waals surface area contributed by atoms with Gasteiger partial charge in [0.2, 0.25) is 0 Å². The summed E-state index contributed by atoms with van der Waals surface area (Å²) < 4.78 is 0. The third-order valence-corrected chi connectivity index (χ3v) is 6.07. The summed E-state index contributed by atoms with van der Waals surface area (Å²) in [5.74, 6) is 7.95. The molecule has 0 amide bonds. The molecule has 0 heteroatoms. The predicted molar refractivity (Wildman–Crippen MR) is 122 cm³/mol. The molecule has 0 aromatic heterocycles. The Bertz CT molecular complexity index is 788. The van der Waals surface area contributed by atoms with Crippen LogP contribution in [-0.2, 0) is 12.8 Å².